The number of primary amides is 1. The first kappa shape index (κ1) is 14.7. The number of carbonyl (C=O) groups excluding carboxylic acids is 1. The standard InChI is InChI=1S/C14H15ClN2O2S/c1-9(12-5-6-13(15)20-12)17-10-3-2-4-11(7-10)19-8-14(16)18/h2-7,9,17H,8H2,1H3,(H2,16,18). The number of nitrogens with two attached hydrogens (primary N) is 1. The molecule has 0 radical (unpaired) electrons. The lowest BCUT2D eigenvalue weighted by Gasteiger charge is -2.14. The van der Waals surface area contributed by atoms with Crippen molar-refractivity contribution in [3.05, 3.63) is 45.6 Å². The lowest BCUT2D eigenvalue weighted by molar-refractivity contribution is -0.119. The van der Waals surface area contributed by atoms with Crippen molar-refractivity contribution in [1.29, 1.82) is 0 Å². The summed E-state index contributed by atoms with van der Waals surface area (Å²) in [6.07, 6.45) is 0. The molecule has 3 N–H and O–H groups in total. The minimum Gasteiger partial charge on any atom is -0.484 e. The van der Waals surface area contributed by atoms with Crippen LogP contribution in [0.2, 0.25) is 4.34 Å². The van der Waals surface area contributed by atoms with Crippen molar-refractivity contribution in [3.8, 4) is 5.75 Å². The average molecular weight is 311 g/mol. The van der Waals surface area contributed by atoms with Crippen LogP contribution in [-0.2, 0) is 4.79 Å². The monoisotopic (exact) mass is 310 g/mol. The first-order valence-corrected chi connectivity index (χ1v) is 7.27. The molecule has 0 aliphatic rings. The summed E-state index contributed by atoms with van der Waals surface area (Å²) in [4.78, 5) is 11.8. The van der Waals surface area contributed by atoms with Crippen molar-refractivity contribution in [2.24, 2.45) is 5.73 Å². The Morgan fingerprint density at radius 1 is 1.45 bits per heavy atom. The Labute approximate surface area is 126 Å². The quantitative estimate of drug-likeness (QED) is 0.859. The number of rotatable bonds is 6. The molecular formula is C14H15ClN2O2S. The first-order valence-electron chi connectivity index (χ1n) is 6.07. The maximum absolute atomic E-state index is 10.7. The number of carbonyl (C=O) groups is 1. The molecule has 1 atom stereocenters. The number of amides is 1. The van der Waals surface area contributed by atoms with Crippen molar-refractivity contribution in [3.63, 3.8) is 0 Å². The van der Waals surface area contributed by atoms with E-state index >= 15 is 0 Å². The fourth-order valence-corrected chi connectivity index (χ4v) is 2.78. The van der Waals surface area contributed by atoms with Crippen LogP contribution >= 0.6 is 22.9 Å². The van der Waals surface area contributed by atoms with Crippen LogP contribution in [0.3, 0.4) is 0 Å². The van der Waals surface area contributed by atoms with E-state index in [1.54, 1.807) is 17.4 Å². The number of thiophene rings is 1. The van der Waals surface area contributed by atoms with Crippen LogP contribution in [0.4, 0.5) is 5.69 Å². The van der Waals surface area contributed by atoms with Gasteiger partial charge in [-0.1, -0.05) is 17.7 Å². The van der Waals surface area contributed by atoms with E-state index in [1.165, 1.54) is 0 Å². The Hall–Kier alpha value is -1.72. The van der Waals surface area contributed by atoms with E-state index in [0.29, 0.717) is 5.75 Å². The molecule has 0 aliphatic carbocycles. The molecule has 2 rings (SSSR count). The first-order chi connectivity index (χ1) is 9.54. The average Bonchev–Trinajstić information content (AvgIpc) is 2.84. The van der Waals surface area contributed by atoms with Gasteiger partial charge in [0, 0.05) is 16.6 Å². The van der Waals surface area contributed by atoms with Crippen molar-refractivity contribution in [2.45, 2.75) is 13.0 Å². The minimum atomic E-state index is -0.495. The van der Waals surface area contributed by atoms with E-state index in [1.807, 2.05) is 30.3 Å². The predicted octanol–water partition coefficient (Wildman–Crippen LogP) is 3.44. The number of benzene rings is 1. The Balaban J connectivity index is 2.02. The van der Waals surface area contributed by atoms with Crippen LogP contribution in [0.5, 0.6) is 5.75 Å². The summed E-state index contributed by atoms with van der Waals surface area (Å²) in [7, 11) is 0. The molecule has 20 heavy (non-hydrogen) atoms. The van der Waals surface area contributed by atoms with Gasteiger partial charge in [0.1, 0.15) is 5.75 Å². The maximum Gasteiger partial charge on any atom is 0.255 e. The van der Waals surface area contributed by atoms with Crippen molar-refractivity contribution in [2.75, 3.05) is 11.9 Å². The minimum absolute atomic E-state index is 0.125. The van der Waals surface area contributed by atoms with Gasteiger partial charge in [0.25, 0.3) is 5.91 Å². The number of anilines is 1. The lowest BCUT2D eigenvalue weighted by atomic mass is 10.2. The van der Waals surface area contributed by atoms with Gasteiger partial charge in [0.05, 0.1) is 10.4 Å². The highest BCUT2D eigenvalue weighted by Crippen LogP contribution is 2.29. The SMILES string of the molecule is CC(Nc1cccc(OCC(N)=O)c1)c1ccc(Cl)s1. The normalized spacial score (nSPS) is 11.9. The summed E-state index contributed by atoms with van der Waals surface area (Å²) < 4.78 is 6.04. The van der Waals surface area contributed by atoms with Crippen LogP contribution in [0.25, 0.3) is 0 Å². The fourth-order valence-electron chi connectivity index (χ4n) is 1.71. The zero-order chi connectivity index (χ0) is 14.5. The van der Waals surface area contributed by atoms with Gasteiger partial charge >= 0.3 is 0 Å². The third kappa shape index (κ3) is 4.15. The van der Waals surface area contributed by atoms with E-state index in [4.69, 9.17) is 22.1 Å². The summed E-state index contributed by atoms with van der Waals surface area (Å²) >= 11 is 7.47. The summed E-state index contributed by atoms with van der Waals surface area (Å²) in [6, 6.07) is 11.4. The Morgan fingerprint density at radius 2 is 2.25 bits per heavy atom. The van der Waals surface area contributed by atoms with Gasteiger partial charge in [0.15, 0.2) is 6.61 Å². The van der Waals surface area contributed by atoms with Gasteiger partial charge in [-0.25, -0.2) is 0 Å². The third-order valence-electron chi connectivity index (χ3n) is 2.62. The second-order valence-electron chi connectivity index (χ2n) is 4.29. The number of nitrogens with one attached hydrogen (secondary N) is 1. The Kier molecular flexibility index (Phi) is 4.87. The number of halogens is 1. The highest BCUT2D eigenvalue weighted by Gasteiger charge is 2.08. The molecule has 4 nitrogen and oxygen atoms in total. The molecule has 1 unspecified atom stereocenters. The molecule has 106 valence electrons. The third-order valence-corrected chi connectivity index (χ3v) is 4.03. The molecule has 0 saturated heterocycles. The topological polar surface area (TPSA) is 64.3 Å². The molecular weight excluding hydrogens is 296 g/mol. The van der Waals surface area contributed by atoms with Gasteiger partial charge in [-0.2, -0.15) is 0 Å². The van der Waals surface area contributed by atoms with Crippen LogP contribution in [-0.4, -0.2) is 12.5 Å². The van der Waals surface area contributed by atoms with Gasteiger partial charge in [0.2, 0.25) is 0 Å². The lowest BCUT2D eigenvalue weighted by Crippen LogP contribution is -2.20. The van der Waals surface area contributed by atoms with Crippen molar-refractivity contribution >= 4 is 34.5 Å². The van der Waals surface area contributed by atoms with Gasteiger partial charge in [-0.15, -0.1) is 11.3 Å². The van der Waals surface area contributed by atoms with Crippen LogP contribution in [0.15, 0.2) is 36.4 Å². The Morgan fingerprint density at radius 3 is 2.90 bits per heavy atom. The summed E-state index contributed by atoms with van der Waals surface area (Å²) in [6.45, 7) is 1.93. The van der Waals surface area contributed by atoms with Crippen molar-refractivity contribution in [1.82, 2.24) is 0 Å². The zero-order valence-electron chi connectivity index (χ0n) is 10.9. The molecule has 0 fully saturated rings. The number of hydrogen-bond donors (Lipinski definition) is 2. The second kappa shape index (κ2) is 6.63. The molecule has 0 aliphatic heterocycles. The zero-order valence-corrected chi connectivity index (χ0v) is 12.5. The van der Waals surface area contributed by atoms with Crippen LogP contribution in [0, 0.1) is 0 Å². The molecule has 2 aromatic rings. The molecule has 0 bridgehead atoms. The van der Waals surface area contributed by atoms with E-state index in [9.17, 15) is 4.79 Å². The smallest absolute Gasteiger partial charge is 0.255 e. The largest absolute Gasteiger partial charge is 0.484 e. The molecule has 6 heteroatoms. The second-order valence-corrected chi connectivity index (χ2v) is 6.04. The molecule has 0 saturated carbocycles. The number of hydrogen-bond acceptors (Lipinski definition) is 4. The van der Waals surface area contributed by atoms with Gasteiger partial charge in [-0.05, 0) is 31.2 Å². The molecule has 0 spiro atoms. The summed E-state index contributed by atoms with van der Waals surface area (Å²) in [5, 5.41) is 3.36. The highest BCUT2D eigenvalue weighted by molar-refractivity contribution is 7.16. The van der Waals surface area contributed by atoms with Gasteiger partial charge in [-0.3, -0.25) is 4.79 Å². The number of ether oxygens (including phenoxy) is 1. The Bertz CT molecular complexity index is 600. The van der Waals surface area contributed by atoms with E-state index in [0.717, 1.165) is 14.9 Å². The molecule has 1 amide bonds. The summed E-state index contributed by atoms with van der Waals surface area (Å²) in [5.41, 5.74) is 5.95. The van der Waals surface area contributed by atoms with Gasteiger partial charge < -0.3 is 15.8 Å². The fraction of sp³-hybridized carbons (Fsp3) is 0.214. The van der Waals surface area contributed by atoms with E-state index in [-0.39, 0.29) is 12.6 Å². The van der Waals surface area contributed by atoms with Crippen LogP contribution in [0.1, 0.15) is 17.8 Å². The molecule has 1 aromatic heterocycles. The highest BCUT2D eigenvalue weighted by atomic mass is 35.5. The van der Waals surface area contributed by atoms with E-state index in [2.05, 4.69) is 12.2 Å². The van der Waals surface area contributed by atoms with Crippen molar-refractivity contribution < 1.29 is 9.53 Å². The maximum atomic E-state index is 10.7. The molecule has 1 heterocycles. The predicted molar refractivity (Wildman–Crippen MR) is 82.5 cm³/mol. The van der Waals surface area contributed by atoms with Crippen LogP contribution < -0.4 is 15.8 Å². The van der Waals surface area contributed by atoms with E-state index < -0.39 is 5.91 Å². The molecule has 1 aromatic carbocycles. The summed E-state index contributed by atoms with van der Waals surface area (Å²) in [5.74, 6) is 0.107.